The van der Waals surface area contributed by atoms with E-state index in [2.05, 4.69) is 0 Å². The van der Waals surface area contributed by atoms with Gasteiger partial charge in [0.25, 0.3) is 5.91 Å². The van der Waals surface area contributed by atoms with Crippen molar-refractivity contribution in [2.75, 3.05) is 26.9 Å². The number of nitrogens with zero attached hydrogens (tertiary/aromatic N) is 1. The van der Waals surface area contributed by atoms with Gasteiger partial charge in [-0.25, -0.2) is 0 Å². The van der Waals surface area contributed by atoms with Crippen LogP contribution in [0.25, 0.3) is 0 Å². The van der Waals surface area contributed by atoms with Crippen LogP contribution in [0.1, 0.15) is 13.3 Å². The van der Waals surface area contributed by atoms with Crippen LogP contribution in [0.2, 0.25) is 0 Å². The van der Waals surface area contributed by atoms with Gasteiger partial charge in [-0.3, -0.25) is 14.3 Å². The van der Waals surface area contributed by atoms with E-state index < -0.39 is 7.60 Å². The number of hydrogen-bond donors (Lipinski definition) is 0. The van der Waals surface area contributed by atoms with E-state index in [0.29, 0.717) is 22.2 Å². The number of thiocarbonyl (C=S) groups is 1. The number of amides is 1. The normalized spacial score (nSPS) is 19.1. The molecule has 0 N–H and O–H groups in total. The van der Waals surface area contributed by atoms with Crippen LogP contribution < -0.4 is 0 Å². The molecule has 8 heteroatoms. The highest BCUT2D eigenvalue weighted by Crippen LogP contribution is 2.46. The van der Waals surface area contributed by atoms with Gasteiger partial charge in [0.15, 0.2) is 0 Å². The molecule has 5 nitrogen and oxygen atoms in total. The second-order valence-electron chi connectivity index (χ2n) is 3.53. The average Bonchev–Trinajstić information content (AvgIpc) is 2.65. The molecule has 0 aromatic carbocycles. The number of thioether (sulfide) groups is 1. The Kier molecular flexibility index (Phi) is 6.01. The van der Waals surface area contributed by atoms with Crippen LogP contribution in [0.15, 0.2) is 11.0 Å². The van der Waals surface area contributed by atoms with Crippen LogP contribution >= 0.6 is 31.6 Å². The first-order valence-electron chi connectivity index (χ1n) is 5.38. The Morgan fingerprint density at radius 1 is 1.44 bits per heavy atom. The second-order valence-corrected chi connectivity index (χ2v) is 7.61. The maximum absolute atomic E-state index is 11.9. The van der Waals surface area contributed by atoms with Gasteiger partial charge in [-0.15, -0.1) is 0 Å². The standard InChI is InChI=1S/C10H16NO4PS2/c1-4-8-9(12)11(10(17)18-8)6-5-7-16(13,14-2)15-3/h4H,5-7H2,1-3H3/b8-4+. The highest BCUT2D eigenvalue weighted by Gasteiger charge is 2.31. The van der Waals surface area contributed by atoms with Gasteiger partial charge >= 0.3 is 7.60 Å². The fourth-order valence-corrected chi connectivity index (χ4v) is 3.74. The fourth-order valence-electron chi connectivity index (χ4n) is 1.46. The van der Waals surface area contributed by atoms with Crippen molar-refractivity contribution < 1.29 is 18.4 Å². The summed E-state index contributed by atoms with van der Waals surface area (Å²) < 4.78 is 22.0. The molecular weight excluding hydrogens is 293 g/mol. The van der Waals surface area contributed by atoms with Crippen molar-refractivity contribution in [1.82, 2.24) is 4.90 Å². The van der Waals surface area contributed by atoms with Gasteiger partial charge in [0.1, 0.15) is 4.32 Å². The highest BCUT2D eigenvalue weighted by molar-refractivity contribution is 8.26. The third-order valence-corrected chi connectivity index (χ3v) is 5.98. The summed E-state index contributed by atoms with van der Waals surface area (Å²) in [5.41, 5.74) is 0. The van der Waals surface area contributed by atoms with Crippen LogP contribution in [-0.2, 0) is 18.4 Å². The minimum absolute atomic E-state index is 0.0860. The van der Waals surface area contributed by atoms with Crippen molar-refractivity contribution in [3.05, 3.63) is 11.0 Å². The van der Waals surface area contributed by atoms with E-state index in [1.54, 1.807) is 13.0 Å². The van der Waals surface area contributed by atoms with Gasteiger partial charge in [-0.05, 0) is 13.3 Å². The SMILES string of the molecule is C/C=C1/SC(=S)N(CCCP(=O)(OC)OC)C1=O. The lowest BCUT2D eigenvalue weighted by Gasteiger charge is -2.17. The predicted molar refractivity (Wildman–Crippen MR) is 76.8 cm³/mol. The molecule has 1 saturated heterocycles. The lowest BCUT2D eigenvalue weighted by atomic mass is 10.4. The van der Waals surface area contributed by atoms with E-state index in [9.17, 15) is 9.36 Å². The summed E-state index contributed by atoms with van der Waals surface area (Å²) >= 11 is 6.41. The monoisotopic (exact) mass is 309 g/mol. The van der Waals surface area contributed by atoms with E-state index in [4.69, 9.17) is 21.3 Å². The van der Waals surface area contributed by atoms with Gasteiger partial charge in [-0.2, -0.15) is 0 Å². The summed E-state index contributed by atoms with van der Waals surface area (Å²) in [5.74, 6) is -0.0860. The molecule has 0 aromatic rings. The highest BCUT2D eigenvalue weighted by atomic mass is 32.2. The van der Waals surface area contributed by atoms with Crippen LogP contribution in [0.5, 0.6) is 0 Å². The maximum Gasteiger partial charge on any atom is 0.330 e. The van der Waals surface area contributed by atoms with E-state index >= 15 is 0 Å². The molecule has 0 unspecified atom stereocenters. The van der Waals surface area contributed by atoms with E-state index in [-0.39, 0.29) is 12.1 Å². The van der Waals surface area contributed by atoms with Gasteiger partial charge in [0, 0.05) is 20.8 Å². The topological polar surface area (TPSA) is 55.8 Å². The Balaban J connectivity index is 2.53. The van der Waals surface area contributed by atoms with Crippen molar-refractivity contribution >= 4 is 41.8 Å². The first kappa shape index (κ1) is 15.9. The molecule has 0 atom stereocenters. The largest absolute Gasteiger partial charge is 0.330 e. The lowest BCUT2D eigenvalue weighted by Crippen LogP contribution is -2.29. The zero-order valence-corrected chi connectivity index (χ0v) is 13.1. The molecule has 0 spiro atoms. The summed E-state index contributed by atoms with van der Waals surface area (Å²) in [6.07, 6.45) is 2.53. The molecule has 102 valence electrons. The molecule has 1 heterocycles. The van der Waals surface area contributed by atoms with Gasteiger partial charge < -0.3 is 9.05 Å². The summed E-state index contributed by atoms with van der Waals surface area (Å²) in [6, 6.07) is 0. The second kappa shape index (κ2) is 6.82. The third kappa shape index (κ3) is 3.65. The lowest BCUT2D eigenvalue weighted by molar-refractivity contribution is -0.122. The van der Waals surface area contributed by atoms with Crippen LogP contribution in [-0.4, -0.2) is 42.1 Å². The van der Waals surface area contributed by atoms with Crippen molar-refractivity contribution in [3.63, 3.8) is 0 Å². The Bertz CT molecular complexity index is 416. The zero-order chi connectivity index (χ0) is 13.8. The summed E-state index contributed by atoms with van der Waals surface area (Å²) in [4.78, 5) is 14.0. The van der Waals surface area contributed by atoms with Crippen LogP contribution in [0, 0.1) is 0 Å². The van der Waals surface area contributed by atoms with Gasteiger partial charge in [0.2, 0.25) is 0 Å². The minimum Gasteiger partial charge on any atom is -0.312 e. The van der Waals surface area contributed by atoms with Gasteiger partial charge in [0.05, 0.1) is 11.1 Å². The van der Waals surface area contributed by atoms with E-state index in [1.807, 2.05) is 0 Å². The first-order chi connectivity index (χ1) is 8.47. The Morgan fingerprint density at radius 3 is 2.50 bits per heavy atom. The summed E-state index contributed by atoms with van der Waals surface area (Å²) in [6.45, 7) is 2.23. The third-order valence-electron chi connectivity index (χ3n) is 2.51. The molecule has 1 fully saturated rings. The first-order valence-corrected chi connectivity index (χ1v) is 8.33. The predicted octanol–water partition coefficient (Wildman–Crippen LogP) is 2.63. The number of carbonyl (C=O) groups is 1. The summed E-state index contributed by atoms with van der Waals surface area (Å²) in [5, 5.41) is 0. The maximum atomic E-state index is 11.9. The van der Waals surface area contributed by atoms with E-state index in [1.165, 1.54) is 30.9 Å². The molecule has 0 aliphatic carbocycles. The molecule has 0 radical (unpaired) electrons. The Morgan fingerprint density at radius 2 is 2.06 bits per heavy atom. The molecular formula is C10H16NO4PS2. The van der Waals surface area contributed by atoms with Crippen LogP contribution in [0.4, 0.5) is 0 Å². The quantitative estimate of drug-likeness (QED) is 0.427. The van der Waals surface area contributed by atoms with Crippen molar-refractivity contribution in [2.24, 2.45) is 0 Å². The molecule has 0 saturated carbocycles. The molecule has 1 amide bonds. The Hall–Kier alpha value is -0.200. The molecule has 0 aromatic heterocycles. The van der Waals surface area contributed by atoms with Crippen molar-refractivity contribution in [2.45, 2.75) is 13.3 Å². The van der Waals surface area contributed by atoms with Crippen molar-refractivity contribution in [3.8, 4) is 0 Å². The van der Waals surface area contributed by atoms with Crippen LogP contribution in [0.3, 0.4) is 0 Å². The molecule has 1 rings (SSSR count). The minimum atomic E-state index is -3.00. The smallest absolute Gasteiger partial charge is 0.312 e. The molecule has 1 aliphatic heterocycles. The molecule has 0 bridgehead atoms. The van der Waals surface area contributed by atoms with Gasteiger partial charge in [-0.1, -0.05) is 30.1 Å². The number of hydrogen-bond acceptors (Lipinski definition) is 6. The molecule has 18 heavy (non-hydrogen) atoms. The Labute approximate surface area is 116 Å². The van der Waals surface area contributed by atoms with E-state index in [0.717, 1.165) is 0 Å². The number of carbonyl (C=O) groups excluding carboxylic acids is 1. The van der Waals surface area contributed by atoms with Crippen molar-refractivity contribution in [1.29, 1.82) is 0 Å². The number of allylic oxidation sites excluding steroid dienone is 1. The zero-order valence-electron chi connectivity index (χ0n) is 10.5. The average molecular weight is 309 g/mol. The summed E-state index contributed by atoms with van der Waals surface area (Å²) in [7, 11) is -0.300. The number of rotatable bonds is 6. The fraction of sp³-hybridized carbons (Fsp3) is 0.600. The molecule has 1 aliphatic rings.